The summed E-state index contributed by atoms with van der Waals surface area (Å²) in [5.41, 5.74) is 0.815. The number of nitrogens with zero attached hydrogens (tertiary/aromatic N) is 1. The number of fused-ring (bicyclic) bond motifs is 2. The van der Waals surface area contributed by atoms with E-state index >= 15 is 0 Å². The Balaban J connectivity index is 1.75. The minimum absolute atomic E-state index is 0.0920. The van der Waals surface area contributed by atoms with Crippen molar-refractivity contribution in [3.63, 3.8) is 0 Å². The van der Waals surface area contributed by atoms with E-state index in [1.165, 1.54) is 17.5 Å². The Kier molecular flexibility index (Phi) is 3.93. The molecule has 7 heteroatoms. The summed E-state index contributed by atoms with van der Waals surface area (Å²) < 4.78 is 16.8. The lowest BCUT2D eigenvalue weighted by molar-refractivity contribution is 0.0695. The van der Waals surface area contributed by atoms with Crippen LogP contribution >= 0.6 is 11.3 Å². The molecule has 3 aromatic rings. The second-order valence-electron chi connectivity index (χ2n) is 7.56. The largest absolute Gasteiger partial charge is 0.477 e. The Morgan fingerprint density at radius 1 is 1.21 bits per heavy atom. The molecule has 2 aromatic heterocycles. The molecule has 0 radical (unpaired) electrons. The molecule has 0 saturated heterocycles. The van der Waals surface area contributed by atoms with Crippen LogP contribution in [0.25, 0.3) is 21.3 Å². The van der Waals surface area contributed by atoms with Gasteiger partial charge in [0.2, 0.25) is 5.43 Å². The van der Waals surface area contributed by atoms with Gasteiger partial charge in [-0.05, 0) is 55.9 Å². The van der Waals surface area contributed by atoms with Crippen molar-refractivity contribution in [2.24, 2.45) is 0 Å². The summed E-state index contributed by atoms with van der Waals surface area (Å²) >= 11 is 1.48. The number of carbonyl (C=O) groups is 1. The molecule has 1 atom stereocenters. The Hall–Kier alpha value is -2.51. The SMILES string of the molecule is O=C(O)c1cn(C2CC2)c2cc(-c3cc4c(s3)CCCC4O)c(F)cc2c1=O. The number of aliphatic hydroxyl groups is 1. The minimum atomic E-state index is -1.30. The van der Waals surface area contributed by atoms with Crippen LogP contribution < -0.4 is 5.43 Å². The zero-order valence-corrected chi connectivity index (χ0v) is 15.8. The lowest BCUT2D eigenvalue weighted by atomic mass is 9.95. The van der Waals surface area contributed by atoms with E-state index in [0.717, 1.165) is 47.1 Å². The van der Waals surface area contributed by atoms with E-state index < -0.39 is 23.3 Å². The van der Waals surface area contributed by atoms with Crippen molar-refractivity contribution >= 4 is 28.2 Å². The van der Waals surface area contributed by atoms with Gasteiger partial charge in [0.15, 0.2) is 0 Å². The first-order valence-electron chi connectivity index (χ1n) is 9.36. The van der Waals surface area contributed by atoms with Gasteiger partial charge in [0, 0.05) is 32.9 Å². The van der Waals surface area contributed by atoms with Gasteiger partial charge in [-0.2, -0.15) is 0 Å². The molecule has 1 unspecified atom stereocenters. The van der Waals surface area contributed by atoms with Crippen molar-refractivity contribution in [2.75, 3.05) is 0 Å². The number of aromatic nitrogens is 1. The first kappa shape index (κ1) is 17.6. The van der Waals surface area contributed by atoms with E-state index in [1.807, 2.05) is 6.07 Å². The molecule has 2 heterocycles. The van der Waals surface area contributed by atoms with E-state index in [-0.39, 0.29) is 17.0 Å². The van der Waals surface area contributed by atoms with Crippen LogP contribution in [0.3, 0.4) is 0 Å². The Morgan fingerprint density at radius 2 is 2.00 bits per heavy atom. The van der Waals surface area contributed by atoms with Crippen LogP contribution in [0.4, 0.5) is 4.39 Å². The molecule has 2 aliphatic rings. The average molecular weight is 399 g/mol. The lowest BCUT2D eigenvalue weighted by Gasteiger charge is -2.16. The van der Waals surface area contributed by atoms with Gasteiger partial charge in [0.25, 0.3) is 0 Å². The fourth-order valence-electron chi connectivity index (χ4n) is 4.03. The Morgan fingerprint density at radius 3 is 2.68 bits per heavy atom. The lowest BCUT2D eigenvalue weighted by Crippen LogP contribution is -2.19. The standard InChI is InChI=1S/C21H18FNO4S/c22-15-6-12-16(23(10-4-5-10)9-14(20(12)25)21(26)27)7-11(15)19-8-13-17(24)2-1-3-18(13)28-19/h6-10,17,24H,1-5H2,(H,26,27). The number of carboxylic acid groups (broad SMARTS) is 1. The normalized spacial score (nSPS) is 19.0. The van der Waals surface area contributed by atoms with Gasteiger partial charge in [0.1, 0.15) is 11.4 Å². The number of benzene rings is 1. The molecule has 1 saturated carbocycles. The van der Waals surface area contributed by atoms with Crippen LogP contribution in [0.1, 0.15) is 58.6 Å². The third-order valence-electron chi connectivity index (χ3n) is 5.64. The van der Waals surface area contributed by atoms with Crippen molar-refractivity contribution in [3.05, 3.63) is 56.4 Å². The van der Waals surface area contributed by atoms with Gasteiger partial charge in [-0.3, -0.25) is 4.79 Å². The maximum atomic E-state index is 15.0. The second kappa shape index (κ2) is 6.25. The first-order valence-corrected chi connectivity index (χ1v) is 10.2. The Labute approximate surface area is 163 Å². The number of rotatable bonds is 3. The first-order chi connectivity index (χ1) is 13.4. The van der Waals surface area contributed by atoms with E-state index in [2.05, 4.69) is 0 Å². The number of halogens is 1. The molecule has 0 amide bonds. The molecule has 5 nitrogen and oxygen atoms in total. The summed E-state index contributed by atoms with van der Waals surface area (Å²) in [7, 11) is 0. The van der Waals surface area contributed by atoms with E-state index in [9.17, 15) is 24.2 Å². The average Bonchev–Trinajstić information content (AvgIpc) is 3.40. The van der Waals surface area contributed by atoms with E-state index in [4.69, 9.17) is 0 Å². The van der Waals surface area contributed by atoms with Crippen molar-refractivity contribution in [2.45, 2.75) is 44.2 Å². The third kappa shape index (κ3) is 2.69. The number of hydrogen-bond donors (Lipinski definition) is 2. The van der Waals surface area contributed by atoms with Crippen molar-refractivity contribution in [1.82, 2.24) is 4.57 Å². The molecule has 2 N–H and O–H groups in total. The molecular formula is C21H18FNO4S. The predicted molar refractivity (Wildman–Crippen MR) is 105 cm³/mol. The maximum absolute atomic E-state index is 15.0. The number of thiophene rings is 1. The molecule has 0 aliphatic heterocycles. The highest BCUT2D eigenvalue weighted by Gasteiger charge is 2.28. The fraction of sp³-hybridized carbons (Fsp3) is 0.333. The second-order valence-corrected chi connectivity index (χ2v) is 8.70. The molecule has 144 valence electrons. The van der Waals surface area contributed by atoms with Gasteiger partial charge in [-0.1, -0.05) is 0 Å². The molecule has 5 rings (SSSR count). The molecule has 0 bridgehead atoms. The number of pyridine rings is 1. The quantitative estimate of drug-likeness (QED) is 0.689. The molecule has 0 spiro atoms. The molecule has 28 heavy (non-hydrogen) atoms. The van der Waals surface area contributed by atoms with Crippen LogP contribution in [0, 0.1) is 5.82 Å². The molecule has 1 fully saturated rings. The monoisotopic (exact) mass is 399 g/mol. The van der Waals surface area contributed by atoms with Crippen LogP contribution in [0.15, 0.2) is 29.2 Å². The topological polar surface area (TPSA) is 79.5 Å². The van der Waals surface area contributed by atoms with Crippen LogP contribution in [0.5, 0.6) is 0 Å². The van der Waals surface area contributed by atoms with Gasteiger partial charge in [-0.15, -0.1) is 11.3 Å². The molecule has 1 aromatic carbocycles. The Bertz CT molecular complexity index is 1190. The summed E-state index contributed by atoms with van der Waals surface area (Å²) in [6.45, 7) is 0. The predicted octanol–water partition coefficient (Wildman–Crippen LogP) is 4.27. The smallest absolute Gasteiger partial charge is 0.341 e. The van der Waals surface area contributed by atoms with E-state index in [0.29, 0.717) is 17.5 Å². The minimum Gasteiger partial charge on any atom is -0.477 e. The van der Waals surface area contributed by atoms with Gasteiger partial charge in [-0.25, -0.2) is 9.18 Å². The summed E-state index contributed by atoms with van der Waals surface area (Å²) in [4.78, 5) is 25.8. The zero-order chi connectivity index (χ0) is 19.6. The molecule has 2 aliphatic carbocycles. The summed E-state index contributed by atoms with van der Waals surface area (Å²) in [6.07, 6.45) is 5.18. The third-order valence-corrected chi connectivity index (χ3v) is 6.88. The number of aryl methyl sites for hydroxylation is 1. The number of aromatic carboxylic acids is 1. The van der Waals surface area contributed by atoms with Crippen LogP contribution in [-0.4, -0.2) is 20.7 Å². The highest BCUT2D eigenvalue weighted by Crippen LogP contribution is 2.42. The van der Waals surface area contributed by atoms with Crippen molar-refractivity contribution < 1.29 is 19.4 Å². The van der Waals surface area contributed by atoms with Crippen molar-refractivity contribution in [3.8, 4) is 10.4 Å². The van der Waals surface area contributed by atoms with Crippen LogP contribution in [0.2, 0.25) is 0 Å². The van der Waals surface area contributed by atoms with E-state index in [1.54, 1.807) is 10.6 Å². The number of aliphatic hydroxyl groups excluding tert-OH is 1. The summed E-state index contributed by atoms with van der Waals surface area (Å²) in [5, 5.41) is 19.7. The van der Waals surface area contributed by atoms with Gasteiger partial charge >= 0.3 is 5.97 Å². The highest BCUT2D eigenvalue weighted by molar-refractivity contribution is 7.15. The summed E-state index contributed by atoms with van der Waals surface area (Å²) in [6, 6.07) is 4.80. The number of carboxylic acids is 1. The molecular weight excluding hydrogens is 381 g/mol. The van der Waals surface area contributed by atoms with Crippen LogP contribution in [-0.2, 0) is 6.42 Å². The fourth-order valence-corrected chi connectivity index (χ4v) is 5.31. The zero-order valence-electron chi connectivity index (χ0n) is 14.9. The highest BCUT2D eigenvalue weighted by atomic mass is 32.1. The van der Waals surface area contributed by atoms with Gasteiger partial charge in [0.05, 0.1) is 11.6 Å². The van der Waals surface area contributed by atoms with Gasteiger partial charge < -0.3 is 14.8 Å². The van der Waals surface area contributed by atoms with Crippen molar-refractivity contribution in [1.29, 1.82) is 0 Å². The number of hydrogen-bond acceptors (Lipinski definition) is 4. The maximum Gasteiger partial charge on any atom is 0.341 e. The summed E-state index contributed by atoms with van der Waals surface area (Å²) in [5.74, 6) is -1.85.